The molecule has 0 unspecified atom stereocenters. The second kappa shape index (κ2) is 9.03. The predicted octanol–water partition coefficient (Wildman–Crippen LogP) is 3.64. The van der Waals surface area contributed by atoms with Crippen LogP contribution in [-0.2, 0) is 6.54 Å². The first-order chi connectivity index (χ1) is 10.4. The van der Waals surface area contributed by atoms with Gasteiger partial charge in [0.05, 0.1) is 13.2 Å². The summed E-state index contributed by atoms with van der Waals surface area (Å²) in [5.74, 6) is 1.90. The molecule has 112 valence electrons. The van der Waals surface area contributed by atoms with Crippen LogP contribution in [0, 0.1) is 0 Å². The Morgan fingerprint density at radius 3 is 2.48 bits per heavy atom. The van der Waals surface area contributed by atoms with E-state index in [0.29, 0.717) is 6.61 Å². The van der Waals surface area contributed by atoms with Crippen LogP contribution in [0.1, 0.15) is 18.9 Å². The van der Waals surface area contributed by atoms with Crippen molar-refractivity contribution in [3.05, 3.63) is 60.2 Å². The largest absolute Gasteiger partial charge is 0.494 e. The highest BCUT2D eigenvalue weighted by atomic mass is 16.5. The lowest BCUT2D eigenvalue weighted by molar-refractivity contribution is 0.307. The summed E-state index contributed by atoms with van der Waals surface area (Å²) in [6, 6.07) is 18.1. The molecule has 2 aromatic rings. The van der Waals surface area contributed by atoms with Crippen LogP contribution in [0.2, 0.25) is 0 Å². The zero-order valence-corrected chi connectivity index (χ0v) is 12.5. The number of para-hydroxylation sites is 2. The molecule has 0 heterocycles. The number of hydrogen-bond donors (Lipinski definition) is 1. The molecule has 2 aromatic carbocycles. The predicted molar refractivity (Wildman–Crippen MR) is 85.9 cm³/mol. The lowest BCUT2D eigenvalue weighted by Gasteiger charge is -2.11. The SMILES string of the molecule is CCOc1ccccc1CNCCCOc1ccccc1. The van der Waals surface area contributed by atoms with Crippen molar-refractivity contribution in [1.82, 2.24) is 5.32 Å². The second-order valence-corrected chi connectivity index (χ2v) is 4.73. The van der Waals surface area contributed by atoms with Crippen LogP contribution in [0.4, 0.5) is 0 Å². The Bertz CT molecular complexity index is 514. The van der Waals surface area contributed by atoms with Crippen molar-refractivity contribution in [1.29, 1.82) is 0 Å². The molecule has 3 heteroatoms. The summed E-state index contributed by atoms with van der Waals surface area (Å²) >= 11 is 0. The van der Waals surface area contributed by atoms with Gasteiger partial charge in [0.15, 0.2) is 0 Å². The Balaban J connectivity index is 1.64. The fourth-order valence-corrected chi connectivity index (χ4v) is 2.07. The number of rotatable bonds is 9. The summed E-state index contributed by atoms with van der Waals surface area (Å²) in [7, 11) is 0. The minimum absolute atomic E-state index is 0.696. The first-order valence-electron chi connectivity index (χ1n) is 7.49. The van der Waals surface area contributed by atoms with E-state index in [2.05, 4.69) is 11.4 Å². The van der Waals surface area contributed by atoms with Crippen molar-refractivity contribution in [3.63, 3.8) is 0 Å². The third kappa shape index (κ3) is 5.48. The van der Waals surface area contributed by atoms with Crippen molar-refractivity contribution in [2.75, 3.05) is 19.8 Å². The van der Waals surface area contributed by atoms with E-state index < -0.39 is 0 Å². The standard InChI is InChI=1S/C18H23NO2/c1-2-20-18-12-7-6-9-16(18)15-19-13-8-14-21-17-10-4-3-5-11-17/h3-7,9-12,19H,2,8,13-15H2,1H3. The summed E-state index contributed by atoms with van der Waals surface area (Å²) in [4.78, 5) is 0. The molecule has 0 saturated heterocycles. The van der Waals surface area contributed by atoms with E-state index in [0.717, 1.165) is 37.6 Å². The van der Waals surface area contributed by atoms with Crippen LogP contribution in [-0.4, -0.2) is 19.8 Å². The monoisotopic (exact) mass is 285 g/mol. The molecule has 0 aliphatic heterocycles. The Morgan fingerprint density at radius 1 is 0.905 bits per heavy atom. The fourth-order valence-electron chi connectivity index (χ4n) is 2.07. The van der Waals surface area contributed by atoms with Crippen LogP contribution in [0.15, 0.2) is 54.6 Å². The van der Waals surface area contributed by atoms with E-state index in [1.165, 1.54) is 5.56 Å². The van der Waals surface area contributed by atoms with Gasteiger partial charge >= 0.3 is 0 Å². The number of hydrogen-bond acceptors (Lipinski definition) is 3. The van der Waals surface area contributed by atoms with Crippen molar-refractivity contribution in [2.45, 2.75) is 19.9 Å². The highest BCUT2D eigenvalue weighted by molar-refractivity contribution is 5.33. The van der Waals surface area contributed by atoms with Gasteiger partial charge in [0.2, 0.25) is 0 Å². The van der Waals surface area contributed by atoms with Crippen LogP contribution < -0.4 is 14.8 Å². The van der Waals surface area contributed by atoms with E-state index in [1.54, 1.807) is 0 Å². The van der Waals surface area contributed by atoms with Gasteiger partial charge in [-0.1, -0.05) is 36.4 Å². The van der Waals surface area contributed by atoms with Crippen LogP contribution in [0.3, 0.4) is 0 Å². The van der Waals surface area contributed by atoms with E-state index in [1.807, 2.05) is 55.5 Å². The molecule has 0 aliphatic rings. The molecule has 0 spiro atoms. The highest BCUT2D eigenvalue weighted by Crippen LogP contribution is 2.17. The van der Waals surface area contributed by atoms with Gasteiger partial charge in [0.1, 0.15) is 11.5 Å². The summed E-state index contributed by atoms with van der Waals surface area (Å²) in [5.41, 5.74) is 1.20. The lowest BCUT2D eigenvalue weighted by Crippen LogP contribution is -2.17. The van der Waals surface area contributed by atoms with Gasteiger partial charge in [0, 0.05) is 12.1 Å². The molecule has 0 aromatic heterocycles. The van der Waals surface area contributed by atoms with Gasteiger partial charge in [-0.25, -0.2) is 0 Å². The van der Waals surface area contributed by atoms with Crippen molar-refractivity contribution in [3.8, 4) is 11.5 Å². The number of nitrogens with one attached hydrogen (secondary N) is 1. The average molecular weight is 285 g/mol. The minimum atomic E-state index is 0.696. The minimum Gasteiger partial charge on any atom is -0.494 e. The zero-order chi connectivity index (χ0) is 14.8. The molecule has 0 aliphatic carbocycles. The number of ether oxygens (including phenoxy) is 2. The van der Waals surface area contributed by atoms with Crippen molar-refractivity contribution in [2.24, 2.45) is 0 Å². The van der Waals surface area contributed by atoms with Gasteiger partial charge in [-0.05, 0) is 38.1 Å². The molecular weight excluding hydrogens is 262 g/mol. The summed E-state index contributed by atoms with van der Waals surface area (Å²) in [6.07, 6.45) is 0.978. The molecular formula is C18H23NO2. The van der Waals surface area contributed by atoms with E-state index in [4.69, 9.17) is 9.47 Å². The van der Waals surface area contributed by atoms with Crippen LogP contribution in [0.25, 0.3) is 0 Å². The molecule has 0 amide bonds. The van der Waals surface area contributed by atoms with Gasteiger partial charge in [-0.3, -0.25) is 0 Å². The Kier molecular flexibility index (Phi) is 6.62. The zero-order valence-electron chi connectivity index (χ0n) is 12.5. The summed E-state index contributed by atoms with van der Waals surface area (Å²) in [6.45, 7) is 5.17. The Morgan fingerprint density at radius 2 is 1.67 bits per heavy atom. The van der Waals surface area contributed by atoms with E-state index in [-0.39, 0.29) is 0 Å². The smallest absolute Gasteiger partial charge is 0.123 e. The van der Waals surface area contributed by atoms with Crippen molar-refractivity contribution >= 4 is 0 Å². The summed E-state index contributed by atoms with van der Waals surface area (Å²) < 4.78 is 11.3. The molecule has 3 nitrogen and oxygen atoms in total. The third-order valence-electron chi connectivity index (χ3n) is 3.10. The quantitative estimate of drug-likeness (QED) is 0.713. The molecule has 0 bridgehead atoms. The van der Waals surface area contributed by atoms with Gasteiger partial charge < -0.3 is 14.8 Å². The molecule has 21 heavy (non-hydrogen) atoms. The van der Waals surface area contributed by atoms with E-state index >= 15 is 0 Å². The Labute approximate surface area is 126 Å². The molecule has 1 N–H and O–H groups in total. The van der Waals surface area contributed by atoms with Gasteiger partial charge in [-0.15, -0.1) is 0 Å². The maximum Gasteiger partial charge on any atom is 0.123 e. The average Bonchev–Trinajstić information content (AvgIpc) is 2.53. The maximum atomic E-state index is 5.66. The van der Waals surface area contributed by atoms with E-state index in [9.17, 15) is 0 Å². The first-order valence-corrected chi connectivity index (χ1v) is 7.49. The Hall–Kier alpha value is -2.00. The fraction of sp³-hybridized carbons (Fsp3) is 0.333. The summed E-state index contributed by atoms with van der Waals surface area (Å²) in [5, 5.41) is 3.43. The molecule has 0 atom stereocenters. The molecule has 0 fully saturated rings. The maximum absolute atomic E-state index is 5.66. The lowest BCUT2D eigenvalue weighted by atomic mass is 10.2. The number of benzene rings is 2. The molecule has 0 saturated carbocycles. The highest BCUT2D eigenvalue weighted by Gasteiger charge is 2.01. The third-order valence-corrected chi connectivity index (χ3v) is 3.10. The van der Waals surface area contributed by atoms with Gasteiger partial charge in [-0.2, -0.15) is 0 Å². The van der Waals surface area contributed by atoms with Gasteiger partial charge in [0.25, 0.3) is 0 Å². The van der Waals surface area contributed by atoms with Crippen molar-refractivity contribution < 1.29 is 9.47 Å². The molecule has 2 rings (SSSR count). The topological polar surface area (TPSA) is 30.5 Å². The normalized spacial score (nSPS) is 10.3. The molecule has 0 radical (unpaired) electrons. The first kappa shape index (κ1) is 15.4. The van der Waals surface area contributed by atoms with Crippen LogP contribution in [0.5, 0.6) is 11.5 Å². The van der Waals surface area contributed by atoms with Crippen LogP contribution >= 0.6 is 0 Å². The second-order valence-electron chi connectivity index (χ2n) is 4.73.